The average molecular weight is 218 g/mol. The molecule has 1 aromatic carbocycles. The van der Waals surface area contributed by atoms with Crippen LogP contribution in [0.4, 0.5) is 14.5 Å². The van der Waals surface area contributed by atoms with Crippen LogP contribution in [0.25, 0.3) is 0 Å². The molecule has 0 aliphatic rings. The Morgan fingerprint density at radius 3 is 2.47 bits per heavy atom. The standard InChI is InChI=1S/C8H8F2N2O3/c9-5-1-4(7(11)3-13)8(12(14)15)2-6(5)10/h1-2,7,13H,3,11H2. The lowest BCUT2D eigenvalue weighted by Crippen LogP contribution is -2.16. The number of nitrogens with two attached hydrogens (primary N) is 1. The molecule has 0 fully saturated rings. The maximum Gasteiger partial charge on any atom is 0.277 e. The van der Waals surface area contributed by atoms with Crippen molar-refractivity contribution < 1.29 is 18.8 Å². The quantitative estimate of drug-likeness (QED) is 0.581. The maximum absolute atomic E-state index is 12.8. The highest BCUT2D eigenvalue weighted by Gasteiger charge is 2.22. The van der Waals surface area contributed by atoms with Crippen LogP contribution in [0.1, 0.15) is 11.6 Å². The first-order valence-corrected chi connectivity index (χ1v) is 3.97. The molecule has 0 bridgehead atoms. The number of aliphatic hydroxyl groups excluding tert-OH is 1. The first-order chi connectivity index (χ1) is 6.97. The number of nitrogens with zero attached hydrogens (tertiary/aromatic N) is 1. The van der Waals surface area contributed by atoms with Crippen LogP contribution in [0.15, 0.2) is 12.1 Å². The molecule has 1 aromatic rings. The number of nitro groups is 1. The summed E-state index contributed by atoms with van der Waals surface area (Å²) in [5, 5.41) is 19.2. The summed E-state index contributed by atoms with van der Waals surface area (Å²) in [5.74, 6) is -2.56. The van der Waals surface area contributed by atoms with Gasteiger partial charge >= 0.3 is 0 Å². The molecule has 0 aliphatic carbocycles. The average Bonchev–Trinajstić information content (AvgIpc) is 2.20. The van der Waals surface area contributed by atoms with Crippen molar-refractivity contribution in [3.63, 3.8) is 0 Å². The molecule has 0 saturated heterocycles. The maximum atomic E-state index is 12.8. The highest BCUT2D eigenvalue weighted by atomic mass is 19.2. The van der Waals surface area contributed by atoms with Gasteiger partial charge in [-0.05, 0) is 6.07 Å². The molecule has 0 heterocycles. The monoisotopic (exact) mass is 218 g/mol. The SMILES string of the molecule is NC(CO)c1cc(F)c(F)cc1[N+](=O)[O-]. The van der Waals surface area contributed by atoms with Crippen molar-refractivity contribution in [1.82, 2.24) is 0 Å². The number of hydrogen-bond acceptors (Lipinski definition) is 4. The van der Waals surface area contributed by atoms with Crippen LogP contribution < -0.4 is 5.73 Å². The number of aliphatic hydroxyl groups is 1. The number of rotatable bonds is 3. The molecule has 5 nitrogen and oxygen atoms in total. The van der Waals surface area contributed by atoms with Crippen molar-refractivity contribution in [3.05, 3.63) is 39.4 Å². The van der Waals surface area contributed by atoms with Gasteiger partial charge in [0.2, 0.25) is 0 Å². The van der Waals surface area contributed by atoms with E-state index in [2.05, 4.69) is 0 Å². The molecule has 15 heavy (non-hydrogen) atoms. The number of benzene rings is 1. The van der Waals surface area contributed by atoms with Gasteiger partial charge in [0.05, 0.1) is 29.2 Å². The normalized spacial score (nSPS) is 12.5. The van der Waals surface area contributed by atoms with Crippen molar-refractivity contribution in [3.8, 4) is 0 Å². The summed E-state index contributed by atoms with van der Waals surface area (Å²) < 4.78 is 25.5. The van der Waals surface area contributed by atoms with Gasteiger partial charge in [-0.25, -0.2) is 8.78 Å². The third-order valence-corrected chi connectivity index (χ3v) is 1.86. The molecule has 0 aromatic heterocycles. The van der Waals surface area contributed by atoms with Crippen LogP contribution in [0.5, 0.6) is 0 Å². The minimum atomic E-state index is -1.32. The van der Waals surface area contributed by atoms with Gasteiger partial charge in [-0.1, -0.05) is 0 Å². The van der Waals surface area contributed by atoms with E-state index in [0.717, 1.165) is 0 Å². The van der Waals surface area contributed by atoms with E-state index in [9.17, 15) is 18.9 Å². The number of nitro benzene ring substituents is 1. The predicted molar refractivity (Wildman–Crippen MR) is 47.0 cm³/mol. The topological polar surface area (TPSA) is 89.4 Å². The smallest absolute Gasteiger partial charge is 0.277 e. The zero-order valence-corrected chi connectivity index (χ0v) is 7.48. The largest absolute Gasteiger partial charge is 0.394 e. The van der Waals surface area contributed by atoms with Crippen LogP contribution in [0, 0.1) is 21.7 Å². The highest BCUT2D eigenvalue weighted by molar-refractivity contribution is 5.43. The Bertz CT molecular complexity index is 398. The van der Waals surface area contributed by atoms with Gasteiger partial charge in [-0.2, -0.15) is 0 Å². The Labute approximate surface area is 83.3 Å². The van der Waals surface area contributed by atoms with E-state index in [-0.39, 0.29) is 5.56 Å². The molecule has 1 atom stereocenters. The first-order valence-electron chi connectivity index (χ1n) is 3.97. The van der Waals surface area contributed by atoms with Gasteiger partial charge in [0, 0.05) is 0 Å². The van der Waals surface area contributed by atoms with Gasteiger partial charge in [0.25, 0.3) is 5.69 Å². The number of halogens is 2. The van der Waals surface area contributed by atoms with Gasteiger partial charge in [-0.15, -0.1) is 0 Å². The van der Waals surface area contributed by atoms with Crippen LogP contribution in [-0.4, -0.2) is 16.6 Å². The van der Waals surface area contributed by atoms with Crippen molar-refractivity contribution in [2.45, 2.75) is 6.04 Å². The van der Waals surface area contributed by atoms with Crippen LogP contribution >= 0.6 is 0 Å². The van der Waals surface area contributed by atoms with Crippen molar-refractivity contribution in [2.75, 3.05) is 6.61 Å². The van der Waals surface area contributed by atoms with Gasteiger partial charge in [0.1, 0.15) is 0 Å². The number of hydrogen-bond donors (Lipinski definition) is 2. The molecular weight excluding hydrogens is 210 g/mol. The Morgan fingerprint density at radius 1 is 1.47 bits per heavy atom. The molecule has 0 spiro atoms. The zero-order valence-electron chi connectivity index (χ0n) is 7.48. The summed E-state index contributed by atoms with van der Waals surface area (Å²) in [7, 11) is 0. The molecule has 82 valence electrons. The van der Waals surface area contributed by atoms with Crippen molar-refractivity contribution >= 4 is 5.69 Å². The molecule has 0 radical (unpaired) electrons. The summed E-state index contributed by atoms with van der Waals surface area (Å²) in [5.41, 5.74) is 4.43. The Balaban J connectivity index is 3.34. The van der Waals surface area contributed by atoms with E-state index >= 15 is 0 Å². The lowest BCUT2D eigenvalue weighted by molar-refractivity contribution is -0.386. The Kier molecular flexibility index (Phi) is 3.28. The lowest BCUT2D eigenvalue weighted by atomic mass is 10.1. The fourth-order valence-corrected chi connectivity index (χ4v) is 1.11. The third-order valence-electron chi connectivity index (χ3n) is 1.86. The first kappa shape index (κ1) is 11.5. The van der Waals surface area contributed by atoms with Crippen LogP contribution in [-0.2, 0) is 0 Å². The summed E-state index contributed by atoms with van der Waals surface area (Å²) in [6.45, 7) is -0.591. The van der Waals surface area contributed by atoms with E-state index in [1.807, 2.05) is 0 Å². The second-order valence-electron chi connectivity index (χ2n) is 2.87. The molecule has 1 rings (SSSR count). The summed E-state index contributed by atoms with van der Waals surface area (Å²) in [6, 6.07) is -0.0466. The minimum Gasteiger partial charge on any atom is -0.394 e. The van der Waals surface area contributed by atoms with E-state index in [1.165, 1.54) is 0 Å². The fraction of sp³-hybridized carbons (Fsp3) is 0.250. The van der Waals surface area contributed by atoms with E-state index < -0.39 is 34.9 Å². The van der Waals surface area contributed by atoms with E-state index in [1.54, 1.807) is 0 Å². The van der Waals surface area contributed by atoms with Crippen LogP contribution in [0.3, 0.4) is 0 Å². The van der Waals surface area contributed by atoms with E-state index in [0.29, 0.717) is 12.1 Å². The minimum absolute atomic E-state index is 0.235. The molecule has 0 saturated carbocycles. The second-order valence-corrected chi connectivity index (χ2v) is 2.87. The van der Waals surface area contributed by atoms with E-state index in [4.69, 9.17) is 10.8 Å². The van der Waals surface area contributed by atoms with Gasteiger partial charge in [-0.3, -0.25) is 10.1 Å². The zero-order chi connectivity index (χ0) is 11.6. The molecule has 0 aliphatic heterocycles. The van der Waals surface area contributed by atoms with Crippen molar-refractivity contribution in [2.24, 2.45) is 5.73 Å². The Hall–Kier alpha value is -1.60. The Morgan fingerprint density at radius 2 is 2.00 bits per heavy atom. The summed E-state index contributed by atoms with van der Waals surface area (Å²) in [6.07, 6.45) is 0. The third kappa shape index (κ3) is 2.25. The summed E-state index contributed by atoms with van der Waals surface area (Å²) in [4.78, 5) is 9.60. The summed E-state index contributed by atoms with van der Waals surface area (Å²) >= 11 is 0. The van der Waals surface area contributed by atoms with Gasteiger partial charge in [0.15, 0.2) is 11.6 Å². The lowest BCUT2D eigenvalue weighted by Gasteiger charge is -2.09. The highest BCUT2D eigenvalue weighted by Crippen LogP contribution is 2.26. The molecule has 7 heteroatoms. The predicted octanol–water partition coefficient (Wildman–Crippen LogP) is 0.865. The fourth-order valence-electron chi connectivity index (χ4n) is 1.11. The molecule has 3 N–H and O–H groups in total. The second kappa shape index (κ2) is 4.28. The molecule has 1 unspecified atom stereocenters. The van der Waals surface area contributed by atoms with Gasteiger partial charge < -0.3 is 10.8 Å². The molecule has 0 amide bonds. The van der Waals surface area contributed by atoms with Crippen molar-refractivity contribution in [1.29, 1.82) is 0 Å². The molecular formula is C8H8F2N2O3. The van der Waals surface area contributed by atoms with Crippen LogP contribution in [0.2, 0.25) is 0 Å².